The average molecular weight is 394 g/mol. The zero-order valence-corrected chi connectivity index (χ0v) is 17.3. The molecule has 1 N–H and O–H groups in total. The number of hydrogen-bond acceptors (Lipinski definition) is 5. The zero-order valence-electron chi connectivity index (χ0n) is 17.3. The van der Waals surface area contributed by atoms with E-state index >= 15 is 0 Å². The van der Waals surface area contributed by atoms with Gasteiger partial charge in [0.05, 0.1) is 0 Å². The highest BCUT2D eigenvalue weighted by atomic mass is 16.1. The van der Waals surface area contributed by atoms with E-state index in [1.54, 1.807) is 0 Å². The molecule has 0 aromatic carbocycles. The number of nitrogens with zero attached hydrogens (tertiary/aromatic N) is 4. The van der Waals surface area contributed by atoms with Gasteiger partial charge in [-0.25, -0.2) is 0 Å². The van der Waals surface area contributed by atoms with Gasteiger partial charge in [0, 0.05) is 81.1 Å². The van der Waals surface area contributed by atoms with Gasteiger partial charge in [-0.05, 0) is 49.9 Å². The van der Waals surface area contributed by atoms with E-state index < -0.39 is 0 Å². The van der Waals surface area contributed by atoms with Crippen LogP contribution in [0.5, 0.6) is 0 Å². The Morgan fingerprint density at radius 2 is 2.07 bits per heavy atom. The van der Waals surface area contributed by atoms with Crippen LogP contribution >= 0.6 is 0 Å². The molecule has 2 saturated heterocycles. The summed E-state index contributed by atoms with van der Waals surface area (Å²) in [4.78, 5) is 22.4. The van der Waals surface area contributed by atoms with Gasteiger partial charge in [-0.2, -0.15) is 0 Å². The van der Waals surface area contributed by atoms with Crippen molar-refractivity contribution >= 4 is 5.69 Å². The molecule has 0 spiro atoms. The van der Waals surface area contributed by atoms with Crippen molar-refractivity contribution in [1.82, 2.24) is 19.8 Å². The van der Waals surface area contributed by atoms with Crippen LogP contribution in [-0.2, 0) is 13.1 Å². The molecule has 3 aliphatic heterocycles. The second-order valence-corrected chi connectivity index (χ2v) is 8.94. The third-order valence-electron chi connectivity index (χ3n) is 6.90. The van der Waals surface area contributed by atoms with Crippen LogP contribution in [-0.4, -0.2) is 53.7 Å². The number of hydrogen-bond donors (Lipinski definition) is 1. The Labute approximate surface area is 172 Å². The molecule has 0 aliphatic carbocycles. The number of aromatic nitrogens is 2. The van der Waals surface area contributed by atoms with Gasteiger partial charge in [0.15, 0.2) is 0 Å². The molecule has 2 fully saturated rings. The molecule has 154 valence electrons. The topological polar surface area (TPSA) is 53.4 Å². The summed E-state index contributed by atoms with van der Waals surface area (Å²) in [5.41, 5.74) is 4.95. The van der Waals surface area contributed by atoms with E-state index in [2.05, 4.69) is 49.8 Å². The molecular weight excluding hydrogens is 362 g/mol. The van der Waals surface area contributed by atoms with Crippen LogP contribution in [0, 0.1) is 12.8 Å². The van der Waals surface area contributed by atoms with Gasteiger partial charge in [-0.1, -0.05) is 6.07 Å². The molecule has 2 atom stereocenters. The molecule has 5 heterocycles. The van der Waals surface area contributed by atoms with Crippen molar-refractivity contribution in [2.45, 2.75) is 38.8 Å². The number of pyridine rings is 2. The van der Waals surface area contributed by atoms with Crippen LogP contribution in [0.15, 0.2) is 35.4 Å². The Morgan fingerprint density at radius 1 is 1.14 bits per heavy atom. The number of rotatable bonds is 3. The summed E-state index contributed by atoms with van der Waals surface area (Å²) >= 11 is 0. The SMILES string of the molecule is Cc1cnccc1N1CCCN(Cc2ccc3n(c2=O)C[C@@H]2CNC[C@H]3C2)CC1. The second kappa shape index (κ2) is 7.92. The summed E-state index contributed by atoms with van der Waals surface area (Å²) in [6.07, 6.45) is 6.16. The molecule has 2 bridgehead atoms. The van der Waals surface area contributed by atoms with E-state index in [1.807, 2.05) is 12.4 Å². The molecule has 2 aromatic heterocycles. The van der Waals surface area contributed by atoms with Crippen molar-refractivity contribution in [2.75, 3.05) is 44.2 Å². The number of aryl methyl sites for hydroxylation is 1. The van der Waals surface area contributed by atoms with Gasteiger partial charge in [-0.15, -0.1) is 0 Å². The number of piperidine rings is 1. The lowest BCUT2D eigenvalue weighted by Gasteiger charge is -2.37. The van der Waals surface area contributed by atoms with Crippen molar-refractivity contribution in [1.29, 1.82) is 0 Å². The maximum Gasteiger partial charge on any atom is 0.255 e. The predicted molar refractivity (Wildman–Crippen MR) is 116 cm³/mol. The minimum absolute atomic E-state index is 0.241. The number of fused-ring (bicyclic) bond motifs is 4. The van der Waals surface area contributed by atoms with Gasteiger partial charge >= 0.3 is 0 Å². The molecule has 0 radical (unpaired) electrons. The summed E-state index contributed by atoms with van der Waals surface area (Å²) in [7, 11) is 0. The summed E-state index contributed by atoms with van der Waals surface area (Å²) in [6.45, 7) is 9.89. The first kappa shape index (κ1) is 18.8. The van der Waals surface area contributed by atoms with Gasteiger partial charge in [0.2, 0.25) is 0 Å². The highest BCUT2D eigenvalue weighted by Gasteiger charge is 2.31. The summed E-state index contributed by atoms with van der Waals surface area (Å²) in [6, 6.07) is 6.43. The van der Waals surface area contributed by atoms with Gasteiger partial charge < -0.3 is 14.8 Å². The summed E-state index contributed by atoms with van der Waals surface area (Å²) in [5, 5.41) is 3.52. The first-order valence-corrected chi connectivity index (χ1v) is 11.0. The number of nitrogens with one attached hydrogen (secondary N) is 1. The summed E-state index contributed by atoms with van der Waals surface area (Å²) in [5.74, 6) is 1.10. The number of anilines is 1. The van der Waals surface area contributed by atoms with Crippen molar-refractivity contribution < 1.29 is 0 Å². The standard InChI is InChI=1S/C23H31N5O/c1-17-12-24-6-5-21(17)27-8-2-7-26(9-10-27)16-19-3-4-22-20-11-18(13-25-14-20)15-28(22)23(19)29/h3-6,12,18,20,25H,2,7-11,13-16H2,1H3/t18-,20+/m0/s1. The predicted octanol–water partition coefficient (Wildman–Crippen LogP) is 1.97. The Bertz CT molecular complexity index is 939. The summed E-state index contributed by atoms with van der Waals surface area (Å²) < 4.78 is 2.08. The third-order valence-corrected chi connectivity index (χ3v) is 6.90. The molecular formula is C23H31N5O. The zero-order chi connectivity index (χ0) is 19.8. The fraction of sp³-hybridized carbons (Fsp3) is 0.565. The molecule has 29 heavy (non-hydrogen) atoms. The van der Waals surface area contributed by atoms with Crippen LogP contribution in [0.1, 0.15) is 35.6 Å². The molecule has 6 heteroatoms. The highest BCUT2D eigenvalue weighted by molar-refractivity contribution is 5.51. The lowest BCUT2D eigenvalue weighted by molar-refractivity contribution is 0.252. The highest BCUT2D eigenvalue weighted by Crippen LogP contribution is 2.31. The van der Waals surface area contributed by atoms with Crippen LogP contribution in [0.3, 0.4) is 0 Å². The largest absolute Gasteiger partial charge is 0.370 e. The lowest BCUT2D eigenvalue weighted by atomic mass is 9.84. The van der Waals surface area contributed by atoms with Crippen LogP contribution in [0.2, 0.25) is 0 Å². The van der Waals surface area contributed by atoms with E-state index in [0.29, 0.717) is 11.8 Å². The third kappa shape index (κ3) is 3.71. The normalized spacial score (nSPS) is 24.8. The molecule has 3 aliphatic rings. The van der Waals surface area contributed by atoms with Gasteiger partial charge in [0.25, 0.3) is 5.56 Å². The fourth-order valence-corrected chi connectivity index (χ4v) is 5.39. The van der Waals surface area contributed by atoms with Gasteiger partial charge in [-0.3, -0.25) is 14.7 Å². The van der Waals surface area contributed by atoms with Crippen LogP contribution in [0.25, 0.3) is 0 Å². The smallest absolute Gasteiger partial charge is 0.255 e. The van der Waals surface area contributed by atoms with Crippen molar-refractivity contribution in [3.05, 3.63) is 57.8 Å². The maximum atomic E-state index is 13.2. The molecule has 0 amide bonds. The van der Waals surface area contributed by atoms with E-state index in [4.69, 9.17) is 0 Å². The second-order valence-electron chi connectivity index (χ2n) is 8.94. The molecule has 5 rings (SSSR count). The maximum absolute atomic E-state index is 13.2. The van der Waals surface area contributed by atoms with E-state index in [9.17, 15) is 4.79 Å². The van der Waals surface area contributed by atoms with Crippen molar-refractivity contribution in [2.24, 2.45) is 5.92 Å². The monoisotopic (exact) mass is 393 g/mol. The van der Waals surface area contributed by atoms with Crippen molar-refractivity contribution in [3.8, 4) is 0 Å². The van der Waals surface area contributed by atoms with Crippen molar-refractivity contribution in [3.63, 3.8) is 0 Å². The quantitative estimate of drug-likeness (QED) is 0.864. The molecule has 0 saturated carbocycles. The molecule has 6 nitrogen and oxygen atoms in total. The lowest BCUT2D eigenvalue weighted by Crippen LogP contribution is -2.45. The Balaban J connectivity index is 1.31. The Hall–Kier alpha value is -2.18. The molecule has 2 aromatic rings. The first-order chi connectivity index (χ1) is 14.2. The van der Waals surface area contributed by atoms with Crippen LogP contribution < -0.4 is 15.8 Å². The van der Waals surface area contributed by atoms with E-state index in [-0.39, 0.29) is 5.56 Å². The van der Waals surface area contributed by atoms with E-state index in [0.717, 1.165) is 64.3 Å². The van der Waals surface area contributed by atoms with E-state index in [1.165, 1.54) is 23.4 Å². The minimum atomic E-state index is 0.241. The minimum Gasteiger partial charge on any atom is -0.370 e. The Kier molecular flexibility index (Phi) is 5.14. The van der Waals surface area contributed by atoms with Crippen LogP contribution in [0.4, 0.5) is 5.69 Å². The fourth-order valence-electron chi connectivity index (χ4n) is 5.39. The first-order valence-electron chi connectivity index (χ1n) is 11.0. The Morgan fingerprint density at radius 3 is 2.97 bits per heavy atom. The molecule has 0 unspecified atom stereocenters. The van der Waals surface area contributed by atoms with Gasteiger partial charge in [0.1, 0.15) is 0 Å². The average Bonchev–Trinajstić information content (AvgIpc) is 2.97.